The summed E-state index contributed by atoms with van der Waals surface area (Å²) in [4.78, 5) is 17.2. The molecule has 5 heteroatoms. The lowest BCUT2D eigenvalue weighted by Crippen LogP contribution is -2.25. The summed E-state index contributed by atoms with van der Waals surface area (Å²) in [5.74, 6) is 1.15. The molecule has 0 amide bonds. The molecule has 3 aromatic rings. The second-order valence-electron chi connectivity index (χ2n) is 5.22. The van der Waals surface area contributed by atoms with Crippen LogP contribution in [0.5, 0.6) is 0 Å². The van der Waals surface area contributed by atoms with Crippen molar-refractivity contribution < 1.29 is 0 Å². The lowest BCUT2D eigenvalue weighted by Gasteiger charge is -2.37. The van der Waals surface area contributed by atoms with Crippen molar-refractivity contribution in [2.45, 2.75) is 0 Å². The highest BCUT2D eigenvalue weighted by Crippen LogP contribution is 2.49. The van der Waals surface area contributed by atoms with Crippen molar-refractivity contribution in [1.29, 1.82) is 0 Å². The summed E-state index contributed by atoms with van der Waals surface area (Å²) in [6.07, 6.45) is 3.14. The molecular formula is C18H15N5. The van der Waals surface area contributed by atoms with Crippen molar-refractivity contribution in [2.75, 3.05) is 16.8 Å². The summed E-state index contributed by atoms with van der Waals surface area (Å²) >= 11 is 0. The Morgan fingerprint density at radius 1 is 0.870 bits per heavy atom. The first-order valence-corrected chi connectivity index (χ1v) is 7.33. The molecule has 4 rings (SSSR count). The van der Waals surface area contributed by atoms with E-state index in [1.807, 2.05) is 24.3 Å². The minimum atomic E-state index is 0.559. The topological polar surface area (TPSA) is 45.2 Å². The summed E-state index contributed by atoms with van der Waals surface area (Å²) in [7, 11) is 2.07. The van der Waals surface area contributed by atoms with E-state index in [-0.39, 0.29) is 0 Å². The normalized spacial score (nSPS) is 12.6. The van der Waals surface area contributed by atoms with Crippen LogP contribution < -0.4 is 9.80 Å². The van der Waals surface area contributed by atoms with Gasteiger partial charge in [-0.3, -0.25) is 4.90 Å². The Labute approximate surface area is 134 Å². The Morgan fingerprint density at radius 3 is 2.00 bits per heavy atom. The van der Waals surface area contributed by atoms with Crippen LogP contribution in [-0.4, -0.2) is 22.0 Å². The molecular weight excluding hydrogens is 286 g/mol. The van der Waals surface area contributed by atoms with E-state index in [4.69, 9.17) is 0 Å². The van der Waals surface area contributed by atoms with Gasteiger partial charge >= 0.3 is 0 Å². The Kier molecular flexibility index (Phi) is 3.05. The highest BCUT2D eigenvalue weighted by molar-refractivity contribution is 5.96. The average Bonchev–Trinajstić information content (AvgIpc) is 2.62. The minimum absolute atomic E-state index is 0.559. The fraction of sp³-hybridized carbons (Fsp3) is 0.0556. The standard InChI is InChI=1S/C18H15N5/c1-3-17-19-12-20-18(21-17)23-15-10-6-4-8-13(15)22(2)14-9-5-7-11-16(14)23/h3-12H,1H2,2H3. The summed E-state index contributed by atoms with van der Waals surface area (Å²) < 4.78 is 0. The monoisotopic (exact) mass is 301 g/mol. The lowest BCUT2D eigenvalue weighted by molar-refractivity contribution is 0.981. The lowest BCUT2D eigenvalue weighted by atomic mass is 10.1. The molecule has 0 atom stereocenters. The third-order valence-electron chi connectivity index (χ3n) is 3.93. The third kappa shape index (κ3) is 2.05. The predicted octanol–water partition coefficient (Wildman–Crippen LogP) is 4.07. The first-order chi connectivity index (χ1) is 11.3. The summed E-state index contributed by atoms with van der Waals surface area (Å²) in [6, 6.07) is 16.4. The Balaban J connectivity index is 1.99. The summed E-state index contributed by atoms with van der Waals surface area (Å²) in [5, 5.41) is 0. The molecule has 0 saturated carbocycles. The molecule has 0 aliphatic carbocycles. The van der Waals surface area contributed by atoms with E-state index >= 15 is 0 Å². The van der Waals surface area contributed by atoms with Gasteiger partial charge in [-0.2, -0.15) is 4.98 Å². The van der Waals surface area contributed by atoms with Gasteiger partial charge in [-0.05, 0) is 30.3 Å². The van der Waals surface area contributed by atoms with Crippen LogP contribution in [0.4, 0.5) is 28.7 Å². The molecule has 0 saturated heterocycles. The molecule has 0 N–H and O–H groups in total. The number of fused-ring (bicyclic) bond motifs is 2. The number of rotatable bonds is 2. The van der Waals surface area contributed by atoms with Gasteiger partial charge in [0.15, 0.2) is 5.82 Å². The smallest absolute Gasteiger partial charge is 0.238 e. The maximum Gasteiger partial charge on any atom is 0.238 e. The van der Waals surface area contributed by atoms with Crippen molar-refractivity contribution in [3.05, 3.63) is 67.3 Å². The molecule has 23 heavy (non-hydrogen) atoms. The van der Waals surface area contributed by atoms with E-state index in [0.717, 1.165) is 22.7 Å². The largest absolute Gasteiger partial charge is 0.341 e. The van der Waals surface area contributed by atoms with Crippen molar-refractivity contribution >= 4 is 34.8 Å². The molecule has 0 fully saturated rings. The zero-order chi connectivity index (χ0) is 15.8. The van der Waals surface area contributed by atoms with Crippen LogP contribution in [0.15, 0.2) is 61.4 Å². The average molecular weight is 301 g/mol. The molecule has 0 radical (unpaired) electrons. The molecule has 0 bridgehead atoms. The molecule has 112 valence electrons. The van der Waals surface area contributed by atoms with E-state index in [2.05, 4.69) is 62.6 Å². The highest BCUT2D eigenvalue weighted by Gasteiger charge is 2.28. The van der Waals surface area contributed by atoms with E-state index in [1.165, 1.54) is 6.33 Å². The van der Waals surface area contributed by atoms with Gasteiger partial charge in [0.25, 0.3) is 0 Å². The summed E-state index contributed by atoms with van der Waals surface area (Å²) in [6.45, 7) is 3.74. The van der Waals surface area contributed by atoms with E-state index in [0.29, 0.717) is 11.8 Å². The highest BCUT2D eigenvalue weighted by atomic mass is 15.3. The second kappa shape index (κ2) is 5.21. The van der Waals surface area contributed by atoms with E-state index in [1.54, 1.807) is 6.08 Å². The second-order valence-corrected chi connectivity index (χ2v) is 5.22. The first-order valence-electron chi connectivity index (χ1n) is 7.33. The van der Waals surface area contributed by atoms with Crippen molar-refractivity contribution in [1.82, 2.24) is 15.0 Å². The molecule has 1 aromatic heterocycles. The molecule has 1 aliphatic heterocycles. The van der Waals surface area contributed by atoms with Gasteiger partial charge in [-0.1, -0.05) is 30.8 Å². The Hall–Kier alpha value is -3.21. The molecule has 2 heterocycles. The van der Waals surface area contributed by atoms with E-state index < -0.39 is 0 Å². The quantitative estimate of drug-likeness (QED) is 0.714. The van der Waals surface area contributed by atoms with Gasteiger partial charge in [0.05, 0.1) is 22.7 Å². The van der Waals surface area contributed by atoms with Gasteiger partial charge < -0.3 is 4.90 Å². The summed E-state index contributed by atoms with van der Waals surface area (Å²) in [5.41, 5.74) is 4.28. The molecule has 1 aliphatic rings. The zero-order valence-corrected chi connectivity index (χ0v) is 12.7. The number of nitrogens with zero attached hydrogens (tertiary/aromatic N) is 5. The predicted molar refractivity (Wildman–Crippen MR) is 92.7 cm³/mol. The van der Waals surface area contributed by atoms with Crippen LogP contribution in [0.3, 0.4) is 0 Å². The van der Waals surface area contributed by atoms with Gasteiger partial charge in [-0.25, -0.2) is 9.97 Å². The molecule has 2 aromatic carbocycles. The Morgan fingerprint density at radius 2 is 1.43 bits per heavy atom. The van der Waals surface area contributed by atoms with Crippen molar-refractivity contribution in [3.8, 4) is 0 Å². The Bertz CT molecular complexity index is 842. The number of aromatic nitrogens is 3. The number of para-hydroxylation sites is 4. The number of anilines is 5. The zero-order valence-electron chi connectivity index (χ0n) is 12.7. The van der Waals surface area contributed by atoms with Crippen LogP contribution in [0.1, 0.15) is 5.82 Å². The first kappa shape index (κ1) is 13.5. The SMILES string of the molecule is C=Cc1ncnc(N2c3ccccc3N(C)c3ccccc32)n1. The molecule has 0 spiro atoms. The fourth-order valence-electron chi connectivity index (χ4n) is 2.85. The maximum absolute atomic E-state index is 4.50. The number of hydrogen-bond acceptors (Lipinski definition) is 5. The number of hydrogen-bond donors (Lipinski definition) is 0. The van der Waals surface area contributed by atoms with Crippen LogP contribution in [-0.2, 0) is 0 Å². The van der Waals surface area contributed by atoms with Crippen LogP contribution in [0.2, 0.25) is 0 Å². The van der Waals surface area contributed by atoms with Crippen molar-refractivity contribution in [3.63, 3.8) is 0 Å². The van der Waals surface area contributed by atoms with Gasteiger partial charge in [-0.15, -0.1) is 0 Å². The maximum atomic E-state index is 4.50. The van der Waals surface area contributed by atoms with Crippen LogP contribution >= 0.6 is 0 Å². The van der Waals surface area contributed by atoms with E-state index in [9.17, 15) is 0 Å². The van der Waals surface area contributed by atoms with Crippen LogP contribution in [0, 0.1) is 0 Å². The molecule has 0 unspecified atom stereocenters. The minimum Gasteiger partial charge on any atom is -0.341 e. The van der Waals surface area contributed by atoms with Crippen molar-refractivity contribution in [2.24, 2.45) is 0 Å². The third-order valence-corrected chi connectivity index (χ3v) is 3.93. The van der Waals surface area contributed by atoms with Gasteiger partial charge in [0.2, 0.25) is 5.95 Å². The number of benzene rings is 2. The van der Waals surface area contributed by atoms with Gasteiger partial charge in [0.1, 0.15) is 6.33 Å². The molecule has 5 nitrogen and oxygen atoms in total. The van der Waals surface area contributed by atoms with Crippen LogP contribution in [0.25, 0.3) is 6.08 Å². The van der Waals surface area contributed by atoms with Gasteiger partial charge in [0, 0.05) is 7.05 Å². The fourth-order valence-corrected chi connectivity index (χ4v) is 2.85.